The summed E-state index contributed by atoms with van der Waals surface area (Å²) in [7, 11) is 0. The van der Waals surface area contributed by atoms with Crippen LogP contribution in [0, 0.1) is 5.92 Å². The molecule has 0 N–H and O–H groups in total. The Kier molecular flexibility index (Phi) is 8.46. The summed E-state index contributed by atoms with van der Waals surface area (Å²) in [6.45, 7) is 2.35. The number of ether oxygens (including phenoxy) is 3. The summed E-state index contributed by atoms with van der Waals surface area (Å²) in [6, 6.07) is 0. The molecule has 0 bridgehead atoms. The van der Waals surface area contributed by atoms with Crippen molar-refractivity contribution in [3.05, 3.63) is 23.8 Å². The quantitative estimate of drug-likeness (QED) is 0.530. The zero-order chi connectivity index (χ0) is 18.1. The highest BCUT2D eigenvalue weighted by Gasteiger charge is 2.30. The van der Waals surface area contributed by atoms with Crippen LogP contribution in [-0.4, -0.2) is 38.4 Å². The lowest BCUT2D eigenvalue weighted by Crippen LogP contribution is -2.33. The molecular weight excluding hydrogens is 333 g/mol. The molecule has 0 amide bonds. The van der Waals surface area contributed by atoms with Crippen LogP contribution in [0.25, 0.3) is 0 Å². The number of alkyl halides is 3. The predicted molar refractivity (Wildman–Crippen MR) is 90.2 cm³/mol. The smallest absolute Gasteiger partial charge is 0.364 e. The Morgan fingerprint density at radius 2 is 1.84 bits per heavy atom. The Morgan fingerprint density at radius 1 is 1.12 bits per heavy atom. The van der Waals surface area contributed by atoms with Gasteiger partial charge in [-0.3, -0.25) is 0 Å². The van der Waals surface area contributed by atoms with Crippen LogP contribution in [0.4, 0.5) is 13.2 Å². The molecular formula is C19H29F3O3. The van der Waals surface area contributed by atoms with Crippen molar-refractivity contribution >= 4 is 0 Å². The number of rotatable bonds is 9. The lowest BCUT2D eigenvalue weighted by molar-refractivity contribution is -0.183. The van der Waals surface area contributed by atoms with Gasteiger partial charge in [-0.2, -0.15) is 13.2 Å². The van der Waals surface area contributed by atoms with Crippen molar-refractivity contribution in [1.82, 2.24) is 0 Å². The van der Waals surface area contributed by atoms with E-state index in [1.807, 2.05) is 6.08 Å². The second kappa shape index (κ2) is 10.3. The first kappa shape index (κ1) is 20.5. The van der Waals surface area contributed by atoms with E-state index in [4.69, 9.17) is 14.2 Å². The molecule has 0 aromatic heterocycles. The highest BCUT2D eigenvalue weighted by molar-refractivity contribution is 5.27. The molecule has 1 fully saturated rings. The molecule has 0 spiro atoms. The van der Waals surface area contributed by atoms with Crippen molar-refractivity contribution < 1.29 is 27.4 Å². The lowest BCUT2D eigenvalue weighted by Gasteiger charge is -2.31. The van der Waals surface area contributed by atoms with Gasteiger partial charge in [0.1, 0.15) is 6.61 Å². The second-order valence-electron chi connectivity index (χ2n) is 6.83. The summed E-state index contributed by atoms with van der Waals surface area (Å²) in [4.78, 5) is 0. The second-order valence-corrected chi connectivity index (χ2v) is 6.83. The molecule has 1 aliphatic carbocycles. The first-order valence-corrected chi connectivity index (χ1v) is 9.27. The Bertz CT molecular complexity index is 438. The van der Waals surface area contributed by atoms with E-state index in [0.29, 0.717) is 25.6 Å². The van der Waals surface area contributed by atoms with Crippen LogP contribution in [0.15, 0.2) is 23.8 Å². The average Bonchev–Trinajstić information content (AvgIpc) is 2.60. The van der Waals surface area contributed by atoms with Gasteiger partial charge >= 0.3 is 6.18 Å². The minimum absolute atomic E-state index is 0.406. The maximum atomic E-state index is 12.2. The first-order valence-electron chi connectivity index (χ1n) is 9.27. The minimum Gasteiger partial charge on any atom is -0.364 e. The summed E-state index contributed by atoms with van der Waals surface area (Å²) < 4.78 is 52.9. The zero-order valence-electron chi connectivity index (χ0n) is 14.9. The normalized spacial score (nSPS) is 27.4. The van der Waals surface area contributed by atoms with Crippen molar-refractivity contribution in [1.29, 1.82) is 0 Å². The van der Waals surface area contributed by atoms with Gasteiger partial charge in [0.25, 0.3) is 0 Å². The third-order valence-corrected chi connectivity index (χ3v) is 4.50. The fraction of sp³-hybridized carbons (Fsp3) is 0.789. The van der Waals surface area contributed by atoms with Crippen LogP contribution >= 0.6 is 0 Å². The Labute approximate surface area is 148 Å². The van der Waals surface area contributed by atoms with E-state index < -0.39 is 25.2 Å². The zero-order valence-corrected chi connectivity index (χ0v) is 14.9. The highest BCUT2D eigenvalue weighted by Crippen LogP contribution is 2.26. The van der Waals surface area contributed by atoms with E-state index in [1.54, 1.807) is 12.2 Å². The molecule has 6 heteroatoms. The third-order valence-electron chi connectivity index (χ3n) is 4.50. The van der Waals surface area contributed by atoms with Crippen LogP contribution in [0.5, 0.6) is 0 Å². The van der Waals surface area contributed by atoms with E-state index in [2.05, 4.69) is 6.92 Å². The van der Waals surface area contributed by atoms with E-state index in [-0.39, 0.29) is 0 Å². The molecule has 1 aliphatic heterocycles. The Hall–Kier alpha value is -0.850. The molecule has 0 saturated carbocycles. The molecule has 1 saturated heterocycles. The van der Waals surface area contributed by atoms with E-state index in [9.17, 15) is 13.2 Å². The number of halogens is 3. The van der Waals surface area contributed by atoms with Crippen LogP contribution < -0.4 is 0 Å². The van der Waals surface area contributed by atoms with Crippen molar-refractivity contribution in [2.75, 3.05) is 19.8 Å². The molecule has 2 aliphatic rings. The number of unbranched alkanes of at least 4 members (excludes halogenated alkanes) is 4. The summed E-state index contributed by atoms with van der Waals surface area (Å²) in [5, 5.41) is 0. The molecule has 1 heterocycles. The minimum atomic E-state index is -4.29. The molecule has 0 aromatic carbocycles. The van der Waals surface area contributed by atoms with Crippen molar-refractivity contribution in [3.8, 4) is 0 Å². The predicted octanol–water partition coefficient (Wildman–Crippen LogP) is 5.17. The SMILES string of the molecule is CCCCCCCC1COC(C2=CCC(OCC(F)(F)F)C=C2)OC1. The van der Waals surface area contributed by atoms with Gasteiger partial charge in [-0.1, -0.05) is 57.3 Å². The maximum Gasteiger partial charge on any atom is 0.411 e. The molecule has 144 valence electrons. The molecule has 3 nitrogen and oxygen atoms in total. The van der Waals surface area contributed by atoms with Crippen molar-refractivity contribution in [2.45, 2.75) is 70.4 Å². The van der Waals surface area contributed by atoms with Gasteiger partial charge in [0.15, 0.2) is 6.29 Å². The van der Waals surface area contributed by atoms with Gasteiger partial charge in [-0.15, -0.1) is 0 Å². The van der Waals surface area contributed by atoms with Gasteiger partial charge < -0.3 is 14.2 Å². The van der Waals surface area contributed by atoms with E-state index in [1.165, 1.54) is 32.1 Å². The maximum absolute atomic E-state index is 12.2. The molecule has 1 unspecified atom stereocenters. The van der Waals surface area contributed by atoms with Gasteiger partial charge in [0, 0.05) is 11.5 Å². The van der Waals surface area contributed by atoms with Crippen molar-refractivity contribution in [2.24, 2.45) is 5.92 Å². The van der Waals surface area contributed by atoms with Crippen LogP contribution in [0.1, 0.15) is 51.9 Å². The standard InChI is InChI=1S/C19H29F3O3/c1-2-3-4-5-6-7-15-12-23-18(24-13-15)16-8-10-17(11-9-16)25-14-19(20,21)22/h8-10,15,17-18H,2-7,11-14H2,1H3. The fourth-order valence-electron chi connectivity index (χ4n) is 3.06. The topological polar surface area (TPSA) is 27.7 Å². The van der Waals surface area contributed by atoms with Gasteiger partial charge in [0.2, 0.25) is 0 Å². The summed E-state index contributed by atoms with van der Waals surface area (Å²) in [6.07, 6.45) is 7.86. The number of hydrogen-bond acceptors (Lipinski definition) is 3. The highest BCUT2D eigenvalue weighted by atomic mass is 19.4. The molecule has 25 heavy (non-hydrogen) atoms. The van der Waals surface area contributed by atoms with Crippen molar-refractivity contribution in [3.63, 3.8) is 0 Å². The Balaban J connectivity index is 1.63. The molecule has 1 atom stereocenters. The van der Waals surface area contributed by atoms with Crippen LogP contribution in [-0.2, 0) is 14.2 Å². The molecule has 0 aromatic rings. The summed E-state index contributed by atoms with van der Waals surface area (Å²) >= 11 is 0. The molecule has 0 radical (unpaired) electrons. The largest absolute Gasteiger partial charge is 0.411 e. The van der Waals surface area contributed by atoms with Crippen LogP contribution in [0.3, 0.4) is 0 Å². The van der Waals surface area contributed by atoms with Gasteiger partial charge in [0.05, 0.1) is 19.3 Å². The summed E-state index contributed by atoms with van der Waals surface area (Å²) in [5.74, 6) is 0.439. The van der Waals surface area contributed by atoms with Gasteiger partial charge in [-0.05, 0) is 12.8 Å². The lowest BCUT2D eigenvalue weighted by atomic mass is 10.00. The van der Waals surface area contributed by atoms with Crippen LogP contribution in [0.2, 0.25) is 0 Å². The molecule has 2 rings (SSSR count). The number of hydrogen-bond donors (Lipinski definition) is 0. The van der Waals surface area contributed by atoms with E-state index >= 15 is 0 Å². The summed E-state index contributed by atoms with van der Waals surface area (Å²) in [5.41, 5.74) is 0.869. The van der Waals surface area contributed by atoms with Gasteiger partial charge in [-0.25, -0.2) is 0 Å². The first-order chi connectivity index (χ1) is 12.0. The monoisotopic (exact) mass is 362 g/mol. The Morgan fingerprint density at radius 3 is 2.44 bits per heavy atom. The third kappa shape index (κ3) is 7.92. The van der Waals surface area contributed by atoms with E-state index in [0.717, 1.165) is 12.0 Å². The average molecular weight is 362 g/mol. The fourth-order valence-corrected chi connectivity index (χ4v) is 3.06.